The second-order valence-corrected chi connectivity index (χ2v) is 7.32. The van der Waals surface area contributed by atoms with Gasteiger partial charge in [0.25, 0.3) is 0 Å². The Morgan fingerprint density at radius 3 is 0.750 bits per heavy atom. The van der Waals surface area contributed by atoms with Crippen LogP contribution < -0.4 is 37.7 Å². The van der Waals surface area contributed by atoms with Crippen LogP contribution in [0.25, 0.3) is 0 Å². The molecule has 0 aromatic rings. The van der Waals surface area contributed by atoms with E-state index in [4.69, 9.17) is 0 Å². The minimum atomic E-state index is 0. The Morgan fingerprint density at radius 1 is 0.500 bits per heavy atom. The van der Waals surface area contributed by atoms with Crippen LogP contribution >= 0.6 is 0 Å². The van der Waals surface area contributed by atoms with E-state index in [-0.39, 0.29) is 40.6 Å². The van der Waals surface area contributed by atoms with Gasteiger partial charge in [-0.25, -0.2) is 10.0 Å². The van der Waals surface area contributed by atoms with Gasteiger partial charge < -0.3 is 2.85 Å². The van der Waals surface area contributed by atoms with Crippen LogP contribution in [-0.4, -0.2) is 36.2 Å². The van der Waals surface area contributed by atoms with Crippen molar-refractivity contribution < 1.29 is 40.6 Å². The quantitative estimate of drug-likeness (QED) is 0.367. The minimum absolute atomic E-state index is 0. The largest absolute Gasteiger partial charge is 1.00 e. The second kappa shape index (κ2) is 13.8. The molecule has 0 aliphatic carbocycles. The predicted molar refractivity (Wildman–Crippen MR) is 84.7 cm³/mol. The number of nitrogens with zero attached hydrogens (tertiary/aromatic N) is 2. The molecule has 0 amide bonds. The summed E-state index contributed by atoms with van der Waals surface area (Å²) in [6.45, 7) is 23.2. The van der Waals surface area contributed by atoms with Crippen LogP contribution in [0.15, 0.2) is 0 Å². The molecule has 4 heteroatoms. The van der Waals surface area contributed by atoms with Crippen LogP contribution in [0.3, 0.4) is 0 Å². The van der Waals surface area contributed by atoms with Gasteiger partial charge in [0, 0.05) is 26.2 Å². The average molecular weight is 272 g/mol. The van der Waals surface area contributed by atoms with Gasteiger partial charge in [0.2, 0.25) is 0 Å². The van der Waals surface area contributed by atoms with Gasteiger partial charge in [-0.3, -0.25) is 0 Å². The van der Waals surface area contributed by atoms with Gasteiger partial charge in [-0.05, 0) is 23.7 Å². The van der Waals surface area contributed by atoms with Crippen molar-refractivity contribution in [1.29, 1.82) is 0 Å². The molecule has 0 spiro atoms. The van der Waals surface area contributed by atoms with Gasteiger partial charge in [-0.1, -0.05) is 55.4 Å². The summed E-state index contributed by atoms with van der Waals surface area (Å²) in [7, 11) is 0. The van der Waals surface area contributed by atoms with E-state index in [1.54, 1.807) is 0 Å². The summed E-state index contributed by atoms with van der Waals surface area (Å²) in [5.41, 5.74) is 0. The van der Waals surface area contributed by atoms with Crippen LogP contribution in [-0.2, 0) is 0 Å². The number of hydrogen-bond acceptors (Lipinski definition) is 2. The molecule has 20 heavy (non-hydrogen) atoms. The summed E-state index contributed by atoms with van der Waals surface area (Å²) in [6.07, 6.45) is 0. The first-order valence-electron chi connectivity index (χ1n) is 7.72. The van der Waals surface area contributed by atoms with Gasteiger partial charge in [0.15, 0.2) is 0 Å². The molecule has 114 valence electrons. The summed E-state index contributed by atoms with van der Waals surface area (Å²) < 4.78 is 0. The van der Waals surface area contributed by atoms with Gasteiger partial charge in [-0.15, -0.1) is 0 Å². The molecule has 0 rings (SSSR count). The topological polar surface area (TPSA) is 6.48 Å². The van der Waals surface area contributed by atoms with Crippen molar-refractivity contribution >= 4 is 0 Å². The Labute approximate surface area is 155 Å². The fourth-order valence-electron chi connectivity index (χ4n) is 2.30. The van der Waals surface area contributed by atoms with E-state index < -0.39 is 0 Å². The Kier molecular flexibility index (Phi) is 17.9. The predicted octanol–water partition coefficient (Wildman–Crippen LogP) is -1.64. The van der Waals surface area contributed by atoms with Gasteiger partial charge in [0.1, 0.15) is 0 Å². The molecule has 0 aliphatic heterocycles. The standard InChI is InChI=1S/C16H36N2.2Li.2H/c1-13(2)9-17(10-14(3)4)18(11-15(5)6)12-16(7)8;;;;/h13-16H,9-12H2,1-8H3;;;;/q;2*+1;2*-1. The maximum atomic E-state index is 2.59. The number of hydrazine groups is 1. The maximum Gasteiger partial charge on any atom is 1.00 e. The van der Waals surface area contributed by atoms with Crippen LogP contribution in [0.5, 0.6) is 0 Å². The van der Waals surface area contributed by atoms with E-state index in [1.807, 2.05) is 0 Å². The number of rotatable bonds is 9. The number of hydrogen-bond donors (Lipinski definition) is 0. The van der Waals surface area contributed by atoms with E-state index in [2.05, 4.69) is 65.4 Å². The molecule has 0 radical (unpaired) electrons. The fraction of sp³-hybridized carbons (Fsp3) is 1.00. The molecular weight excluding hydrogens is 234 g/mol. The van der Waals surface area contributed by atoms with E-state index in [1.165, 1.54) is 26.2 Å². The normalized spacial score (nSPS) is 11.7. The smallest absolute Gasteiger partial charge is 1.00 e. The summed E-state index contributed by atoms with van der Waals surface area (Å²) in [5.74, 6) is 2.91. The third-order valence-electron chi connectivity index (χ3n) is 2.70. The molecule has 0 fully saturated rings. The molecule has 0 unspecified atom stereocenters. The summed E-state index contributed by atoms with van der Waals surface area (Å²) in [6, 6.07) is 0. The fourth-order valence-corrected chi connectivity index (χ4v) is 2.30. The summed E-state index contributed by atoms with van der Waals surface area (Å²) >= 11 is 0. The zero-order valence-electron chi connectivity index (χ0n) is 18.0. The van der Waals surface area contributed by atoms with Crippen molar-refractivity contribution in [3.8, 4) is 0 Å². The molecule has 0 aliphatic rings. The molecule has 2 nitrogen and oxygen atoms in total. The first-order valence-corrected chi connectivity index (χ1v) is 7.72. The first kappa shape index (κ1) is 26.0. The Hall–Kier alpha value is 1.11. The first-order chi connectivity index (χ1) is 8.22. The van der Waals surface area contributed by atoms with Crippen molar-refractivity contribution in [2.75, 3.05) is 26.2 Å². The van der Waals surface area contributed by atoms with Crippen LogP contribution in [0.1, 0.15) is 58.2 Å². The van der Waals surface area contributed by atoms with Gasteiger partial charge in [-0.2, -0.15) is 0 Å². The van der Waals surface area contributed by atoms with Crippen molar-refractivity contribution in [3.63, 3.8) is 0 Å². The zero-order valence-corrected chi connectivity index (χ0v) is 16.0. The van der Waals surface area contributed by atoms with E-state index >= 15 is 0 Å². The molecule has 0 aromatic carbocycles. The molecule has 0 aromatic heterocycles. The third kappa shape index (κ3) is 14.1. The average Bonchev–Trinajstić information content (AvgIpc) is 2.12. The molecule has 0 saturated carbocycles. The summed E-state index contributed by atoms with van der Waals surface area (Å²) in [5, 5.41) is 5.19. The van der Waals surface area contributed by atoms with Crippen molar-refractivity contribution in [2.24, 2.45) is 23.7 Å². The van der Waals surface area contributed by atoms with Crippen LogP contribution in [0, 0.1) is 23.7 Å². The van der Waals surface area contributed by atoms with Crippen LogP contribution in [0.2, 0.25) is 0 Å². The van der Waals surface area contributed by atoms with Gasteiger partial charge in [0.05, 0.1) is 0 Å². The molecular formula is C16H38Li2N2. The van der Waals surface area contributed by atoms with E-state index in [0.29, 0.717) is 0 Å². The maximum absolute atomic E-state index is 2.59. The van der Waals surface area contributed by atoms with Crippen molar-refractivity contribution in [3.05, 3.63) is 0 Å². The van der Waals surface area contributed by atoms with E-state index in [0.717, 1.165) is 23.7 Å². The molecule has 0 saturated heterocycles. The minimum Gasteiger partial charge on any atom is -1.00 e. The molecule has 0 N–H and O–H groups in total. The van der Waals surface area contributed by atoms with Crippen LogP contribution in [0.4, 0.5) is 0 Å². The molecule has 0 heterocycles. The Bertz CT molecular complexity index is 174. The third-order valence-corrected chi connectivity index (χ3v) is 2.70. The Morgan fingerprint density at radius 2 is 0.650 bits per heavy atom. The Balaban J connectivity index is -0.000000241. The molecule has 0 atom stereocenters. The zero-order chi connectivity index (χ0) is 14.3. The van der Waals surface area contributed by atoms with Crippen molar-refractivity contribution in [2.45, 2.75) is 55.4 Å². The monoisotopic (exact) mass is 272 g/mol. The summed E-state index contributed by atoms with van der Waals surface area (Å²) in [4.78, 5) is 0. The van der Waals surface area contributed by atoms with E-state index in [9.17, 15) is 0 Å². The van der Waals surface area contributed by atoms with Crippen molar-refractivity contribution in [1.82, 2.24) is 10.0 Å². The molecule has 0 bridgehead atoms. The van der Waals surface area contributed by atoms with Gasteiger partial charge >= 0.3 is 37.7 Å². The SMILES string of the molecule is CC(C)CN(CC(C)C)N(CC(C)C)CC(C)C.[H-].[H-].[Li+].[Li+]. The second-order valence-electron chi connectivity index (χ2n) is 7.32.